The highest BCUT2D eigenvalue weighted by atomic mass is 32.1. The third kappa shape index (κ3) is 2.96. The highest BCUT2D eigenvalue weighted by Gasteiger charge is 2.22. The molecular formula is C15H19NO2S. The van der Waals surface area contributed by atoms with Crippen LogP contribution >= 0.6 is 11.3 Å². The molecule has 0 saturated heterocycles. The molecular weight excluding hydrogens is 258 g/mol. The van der Waals surface area contributed by atoms with E-state index in [0.29, 0.717) is 11.4 Å². The molecule has 0 amide bonds. The Morgan fingerprint density at radius 2 is 1.95 bits per heavy atom. The number of thiazole rings is 1. The van der Waals surface area contributed by atoms with Crippen LogP contribution in [0.3, 0.4) is 0 Å². The summed E-state index contributed by atoms with van der Waals surface area (Å²) in [4.78, 5) is 4.55. The van der Waals surface area contributed by atoms with Crippen LogP contribution < -0.4 is 4.74 Å². The maximum absolute atomic E-state index is 10.4. The van der Waals surface area contributed by atoms with Crippen molar-refractivity contribution in [3.05, 3.63) is 45.9 Å². The van der Waals surface area contributed by atoms with Crippen LogP contribution in [0.2, 0.25) is 0 Å². The molecule has 0 bridgehead atoms. The molecule has 2 aromatic rings. The van der Waals surface area contributed by atoms with Crippen molar-refractivity contribution in [2.24, 2.45) is 0 Å². The average Bonchev–Trinajstić information content (AvgIpc) is 2.87. The van der Waals surface area contributed by atoms with E-state index < -0.39 is 6.10 Å². The van der Waals surface area contributed by atoms with Crippen LogP contribution in [-0.4, -0.2) is 17.2 Å². The van der Waals surface area contributed by atoms with Gasteiger partial charge in [-0.15, -0.1) is 11.3 Å². The summed E-state index contributed by atoms with van der Waals surface area (Å²) >= 11 is 1.58. The molecule has 1 aromatic carbocycles. The Hall–Kier alpha value is -1.39. The van der Waals surface area contributed by atoms with E-state index in [9.17, 15) is 5.11 Å². The predicted octanol–water partition coefficient (Wildman–Crippen LogP) is 3.53. The SMILES string of the molecule is COc1ccccc1C(O)c1csc(C(C)(C)C)n1. The molecule has 1 heterocycles. The Bertz CT molecular complexity index is 557. The molecule has 0 radical (unpaired) electrons. The molecule has 1 aromatic heterocycles. The number of nitrogens with zero attached hydrogens (tertiary/aromatic N) is 1. The van der Waals surface area contributed by atoms with Gasteiger partial charge in [-0.3, -0.25) is 0 Å². The van der Waals surface area contributed by atoms with Gasteiger partial charge in [-0.25, -0.2) is 4.98 Å². The fourth-order valence-electron chi connectivity index (χ4n) is 1.81. The Morgan fingerprint density at radius 3 is 2.53 bits per heavy atom. The van der Waals surface area contributed by atoms with Gasteiger partial charge in [0.1, 0.15) is 11.9 Å². The van der Waals surface area contributed by atoms with Crippen LogP contribution in [0.15, 0.2) is 29.6 Å². The number of aromatic nitrogens is 1. The van der Waals surface area contributed by atoms with E-state index in [-0.39, 0.29) is 5.41 Å². The second kappa shape index (κ2) is 5.31. The summed E-state index contributed by atoms with van der Waals surface area (Å²) < 4.78 is 5.28. The molecule has 1 N–H and O–H groups in total. The Labute approximate surface area is 117 Å². The molecule has 4 heteroatoms. The summed E-state index contributed by atoms with van der Waals surface area (Å²) in [5.41, 5.74) is 1.43. The smallest absolute Gasteiger partial charge is 0.125 e. The molecule has 0 aliphatic rings. The normalized spacial score (nSPS) is 13.3. The first-order chi connectivity index (χ1) is 8.93. The summed E-state index contributed by atoms with van der Waals surface area (Å²) in [6.07, 6.45) is -0.747. The van der Waals surface area contributed by atoms with Gasteiger partial charge in [-0.2, -0.15) is 0 Å². The lowest BCUT2D eigenvalue weighted by atomic mass is 9.98. The summed E-state index contributed by atoms with van der Waals surface area (Å²) in [5.74, 6) is 0.681. The molecule has 102 valence electrons. The van der Waals surface area contributed by atoms with Crippen LogP contribution in [0.5, 0.6) is 5.75 Å². The van der Waals surface area contributed by atoms with Crippen molar-refractivity contribution < 1.29 is 9.84 Å². The second-order valence-electron chi connectivity index (χ2n) is 5.47. The lowest BCUT2D eigenvalue weighted by Gasteiger charge is -2.15. The fourth-order valence-corrected chi connectivity index (χ4v) is 2.73. The first kappa shape index (κ1) is 14.0. The van der Waals surface area contributed by atoms with Crippen molar-refractivity contribution in [2.75, 3.05) is 7.11 Å². The van der Waals surface area contributed by atoms with Crippen molar-refractivity contribution >= 4 is 11.3 Å². The molecule has 3 nitrogen and oxygen atoms in total. The highest BCUT2D eigenvalue weighted by Crippen LogP contribution is 2.33. The standard InChI is InChI=1S/C15H19NO2S/c1-15(2,3)14-16-11(9-19-14)13(17)10-7-5-6-8-12(10)18-4/h5-9,13,17H,1-4H3. The zero-order valence-electron chi connectivity index (χ0n) is 11.7. The van der Waals surface area contributed by atoms with Crippen molar-refractivity contribution in [2.45, 2.75) is 32.3 Å². The van der Waals surface area contributed by atoms with Gasteiger partial charge in [0.05, 0.1) is 17.8 Å². The zero-order chi connectivity index (χ0) is 14.0. The van der Waals surface area contributed by atoms with E-state index in [1.165, 1.54) is 0 Å². The first-order valence-electron chi connectivity index (χ1n) is 6.20. The Balaban J connectivity index is 2.34. The van der Waals surface area contributed by atoms with Gasteiger partial charge in [0.2, 0.25) is 0 Å². The van der Waals surface area contributed by atoms with Crippen LogP contribution in [-0.2, 0) is 5.41 Å². The van der Waals surface area contributed by atoms with Crippen LogP contribution in [0.4, 0.5) is 0 Å². The van der Waals surface area contributed by atoms with Gasteiger partial charge in [0.25, 0.3) is 0 Å². The summed E-state index contributed by atoms with van der Waals surface area (Å²) in [6.45, 7) is 6.35. The van der Waals surface area contributed by atoms with Crippen LogP contribution in [0.25, 0.3) is 0 Å². The minimum atomic E-state index is -0.747. The van der Waals surface area contributed by atoms with Gasteiger partial charge in [-0.1, -0.05) is 39.0 Å². The largest absolute Gasteiger partial charge is 0.496 e. The van der Waals surface area contributed by atoms with Crippen molar-refractivity contribution in [3.8, 4) is 5.75 Å². The van der Waals surface area contributed by atoms with E-state index in [4.69, 9.17) is 4.74 Å². The summed E-state index contributed by atoms with van der Waals surface area (Å²) in [5, 5.41) is 13.4. The number of methoxy groups -OCH3 is 1. The van der Waals surface area contributed by atoms with Crippen molar-refractivity contribution in [1.82, 2.24) is 4.98 Å². The number of hydrogen-bond acceptors (Lipinski definition) is 4. The summed E-state index contributed by atoms with van der Waals surface area (Å²) in [6, 6.07) is 7.48. The number of aliphatic hydroxyl groups excluding tert-OH is 1. The third-order valence-electron chi connectivity index (χ3n) is 2.88. The maximum atomic E-state index is 10.4. The molecule has 0 fully saturated rings. The van der Waals surface area contributed by atoms with Gasteiger partial charge in [-0.05, 0) is 6.07 Å². The topological polar surface area (TPSA) is 42.4 Å². The highest BCUT2D eigenvalue weighted by molar-refractivity contribution is 7.09. The van der Waals surface area contributed by atoms with E-state index in [1.807, 2.05) is 29.6 Å². The minimum absolute atomic E-state index is 0.00338. The molecule has 0 aliphatic heterocycles. The quantitative estimate of drug-likeness (QED) is 0.933. The molecule has 19 heavy (non-hydrogen) atoms. The molecule has 0 aliphatic carbocycles. The average molecular weight is 277 g/mol. The molecule has 1 atom stereocenters. The van der Waals surface area contributed by atoms with E-state index in [0.717, 1.165) is 10.6 Å². The van der Waals surface area contributed by atoms with E-state index in [1.54, 1.807) is 18.4 Å². The summed E-state index contributed by atoms with van der Waals surface area (Å²) in [7, 11) is 1.60. The van der Waals surface area contributed by atoms with E-state index in [2.05, 4.69) is 25.8 Å². The van der Waals surface area contributed by atoms with Crippen LogP contribution in [0.1, 0.15) is 43.1 Å². The number of hydrogen-bond donors (Lipinski definition) is 1. The number of aliphatic hydroxyl groups is 1. The van der Waals surface area contributed by atoms with E-state index >= 15 is 0 Å². The van der Waals surface area contributed by atoms with Crippen molar-refractivity contribution in [1.29, 1.82) is 0 Å². The van der Waals surface area contributed by atoms with Gasteiger partial charge < -0.3 is 9.84 Å². The second-order valence-corrected chi connectivity index (χ2v) is 6.33. The molecule has 1 unspecified atom stereocenters. The number of rotatable bonds is 3. The first-order valence-corrected chi connectivity index (χ1v) is 7.08. The lowest BCUT2D eigenvalue weighted by Crippen LogP contribution is -2.11. The Morgan fingerprint density at radius 1 is 1.26 bits per heavy atom. The van der Waals surface area contributed by atoms with Crippen LogP contribution in [0, 0.1) is 0 Å². The van der Waals surface area contributed by atoms with Gasteiger partial charge in [0.15, 0.2) is 0 Å². The Kier molecular flexibility index (Phi) is 3.92. The predicted molar refractivity (Wildman–Crippen MR) is 77.9 cm³/mol. The molecule has 0 spiro atoms. The van der Waals surface area contributed by atoms with Gasteiger partial charge in [0, 0.05) is 16.4 Å². The number of ether oxygens (including phenoxy) is 1. The molecule has 0 saturated carbocycles. The zero-order valence-corrected chi connectivity index (χ0v) is 12.5. The minimum Gasteiger partial charge on any atom is -0.496 e. The molecule has 2 rings (SSSR count). The lowest BCUT2D eigenvalue weighted by molar-refractivity contribution is 0.210. The monoisotopic (exact) mass is 277 g/mol. The maximum Gasteiger partial charge on any atom is 0.125 e. The fraction of sp³-hybridized carbons (Fsp3) is 0.400. The van der Waals surface area contributed by atoms with Gasteiger partial charge >= 0.3 is 0 Å². The number of para-hydroxylation sites is 1. The third-order valence-corrected chi connectivity index (χ3v) is 4.16. The number of benzene rings is 1. The van der Waals surface area contributed by atoms with Crippen molar-refractivity contribution in [3.63, 3.8) is 0 Å².